The molecule has 0 heterocycles. The molecular formula is C10H15NO2S. The average molecular weight is 213 g/mol. The predicted octanol–water partition coefficient (Wildman–Crippen LogP) is 1.24. The summed E-state index contributed by atoms with van der Waals surface area (Å²) in [6.45, 7) is 1.77. The summed E-state index contributed by atoms with van der Waals surface area (Å²) < 4.78 is 0. The number of rotatable bonds is 3. The van der Waals surface area contributed by atoms with Crippen LogP contribution in [0.15, 0.2) is 23.1 Å². The van der Waals surface area contributed by atoms with E-state index < -0.39 is 5.54 Å². The lowest BCUT2D eigenvalue weighted by Gasteiger charge is -2.25. The zero-order valence-corrected chi connectivity index (χ0v) is 8.96. The third-order valence-corrected chi connectivity index (χ3v) is 2.51. The van der Waals surface area contributed by atoms with Crippen molar-refractivity contribution in [3.05, 3.63) is 23.8 Å². The smallest absolute Gasteiger partial charge is 0.121 e. The van der Waals surface area contributed by atoms with Crippen molar-refractivity contribution < 1.29 is 10.2 Å². The topological polar surface area (TPSA) is 66.5 Å². The fourth-order valence-electron chi connectivity index (χ4n) is 1.37. The Balaban J connectivity index is 3.06. The van der Waals surface area contributed by atoms with E-state index in [2.05, 4.69) is 12.6 Å². The Kier molecular flexibility index (Phi) is 3.42. The highest BCUT2D eigenvalue weighted by Gasteiger charge is 2.23. The number of aromatic hydroxyl groups is 1. The van der Waals surface area contributed by atoms with Crippen molar-refractivity contribution in [1.82, 2.24) is 0 Å². The summed E-state index contributed by atoms with van der Waals surface area (Å²) in [6.07, 6.45) is 0.409. The van der Waals surface area contributed by atoms with Crippen LogP contribution in [-0.2, 0) is 5.54 Å². The van der Waals surface area contributed by atoms with Gasteiger partial charge in [0, 0.05) is 22.6 Å². The van der Waals surface area contributed by atoms with Gasteiger partial charge in [-0.3, -0.25) is 0 Å². The number of aliphatic hydroxyl groups excluding tert-OH is 1. The van der Waals surface area contributed by atoms with Crippen molar-refractivity contribution in [2.45, 2.75) is 23.8 Å². The van der Waals surface area contributed by atoms with Crippen LogP contribution in [0.3, 0.4) is 0 Å². The molecule has 4 heteroatoms. The molecule has 0 fully saturated rings. The molecule has 0 radical (unpaired) electrons. The van der Waals surface area contributed by atoms with Crippen molar-refractivity contribution in [3.63, 3.8) is 0 Å². The van der Waals surface area contributed by atoms with Crippen LogP contribution in [0.5, 0.6) is 5.75 Å². The van der Waals surface area contributed by atoms with E-state index in [0.29, 0.717) is 16.9 Å². The number of thiol groups is 1. The molecule has 0 aliphatic rings. The first kappa shape index (κ1) is 11.4. The van der Waals surface area contributed by atoms with Gasteiger partial charge in [-0.25, -0.2) is 0 Å². The van der Waals surface area contributed by atoms with Gasteiger partial charge in [0.15, 0.2) is 0 Å². The first-order valence-electron chi connectivity index (χ1n) is 4.39. The maximum absolute atomic E-state index is 9.64. The highest BCUT2D eigenvalue weighted by Crippen LogP contribution is 2.31. The summed E-state index contributed by atoms with van der Waals surface area (Å²) >= 11 is 4.10. The third kappa shape index (κ3) is 2.41. The van der Waals surface area contributed by atoms with E-state index in [0.717, 1.165) is 0 Å². The molecule has 0 spiro atoms. The molecule has 0 unspecified atom stereocenters. The van der Waals surface area contributed by atoms with E-state index in [4.69, 9.17) is 10.8 Å². The van der Waals surface area contributed by atoms with Crippen molar-refractivity contribution in [3.8, 4) is 5.75 Å². The third-order valence-electron chi connectivity index (χ3n) is 2.23. The monoisotopic (exact) mass is 213 g/mol. The number of phenols is 1. The highest BCUT2D eigenvalue weighted by atomic mass is 32.1. The molecule has 0 aliphatic heterocycles. The number of benzene rings is 1. The lowest BCUT2D eigenvalue weighted by Crippen LogP contribution is -2.34. The molecule has 0 bridgehead atoms. The van der Waals surface area contributed by atoms with Crippen LogP contribution < -0.4 is 5.73 Å². The van der Waals surface area contributed by atoms with E-state index in [-0.39, 0.29) is 12.4 Å². The van der Waals surface area contributed by atoms with Crippen LogP contribution in [-0.4, -0.2) is 16.8 Å². The molecule has 1 atom stereocenters. The Hall–Kier alpha value is -0.710. The van der Waals surface area contributed by atoms with Gasteiger partial charge in [-0.1, -0.05) is 6.07 Å². The van der Waals surface area contributed by atoms with Gasteiger partial charge in [0.05, 0.1) is 0 Å². The normalized spacial score (nSPS) is 15.1. The summed E-state index contributed by atoms with van der Waals surface area (Å²) in [7, 11) is 0. The van der Waals surface area contributed by atoms with Crippen LogP contribution in [0.4, 0.5) is 0 Å². The quantitative estimate of drug-likeness (QED) is 0.571. The summed E-state index contributed by atoms with van der Waals surface area (Å²) in [5.74, 6) is 0.121. The molecule has 1 aromatic carbocycles. The Labute approximate surface area is 89.0 Å². The average Bonchev–Trinajstić information content (AvgIpc) is 2.02. The standard InChI is InChI=1S/C10H15NO2S/c1-10(11,4-5-12)8-3-2-7(14)6-9(8)13/h2-3,6,12-14H,4-5,11H2,1H3/t10-/m1/s1. The molecular weight excluding hydrogens is 198 g/mol. The maximum Gasteiger partial charge on any atom is 0.121 e. The SMILES string of the molecule is C[C@@](N)(CCO)c1ccc(S)cc1O. The number of hydrogen-bond donors (Lipinski definition) is 4. The largest absolute Gasteiger partial charge is 0.508 e. The van der Waals surface area contributed by atoms with Gasteiger partial charge in [-0.15, -0.1) is 12.6 Å². The molecule has 1 rings (SSSR count). The Morgan fingerprint density at radius 3 is 2.64 bits per heavy atom. The summed E-state index contributed by atoms with van der Waals surface area (Å²) in [5, 5.41) is 18.5. The second-order valence-electron chi connectivity index (χ2n) is 3.59. The van der Waals surface area contributed by atoms with Crippen LogP contribution in [0.25, 0.3) is 0 Å². The molecule has 0 saturated carbocycles. The first-order valence-corrected chi connectivity index (χ1v) is 4.84. The Morgan fingerprint density at radius 1 is 1.50 bits per heavy atom. The minimum absolute atomic E-state index is 0.00489. The van der Waals surface area contributed by atoms with Crippen LogP contribution in [0.1, 0.15) is 18.9 Å². The fourth-order valence-corrected chi connectivity index (χ4v) is 1.57. The van der Waals surface area contributed by atoms with Gasteiger partial charge in [0.2, 0.25) is 0 Å². The zero-order valence-electron chi connectivity index (χ0n) is 8.07. The minimum atomic E-state index is -0.708. The van der Waals surface area contributed by atoms with Gasteiger partial charge in [-0.05, 0) is 25.5 Å². The fraction of sp³-hybridized carbons (Fsp3) is 0.400. The molecule has 0 aliphatic carbocycles. The summed E-state index contributed by atoms with van der Waals surface area (Å²) in [4.78, 5) is 0.686. The second kappa shape index (κ2) is 4.21. The molecule has 14 heavy (non-hydrogen) atoms. The summed E-state index contributed by atoms with van der Waals surface area (Å²) in [5.41, 5.74) is 5.88. The molecule has 0 amide bonds. The maximum atomic E-state index is 9.64. The summed E-state index contributed by atoms with van der Waals surface area (Å²) in [6, 6.07) is 5.04. The number of phenolic OH excluding ortho intramolecular Hbond substituents is 1. The predicted molar refractivity (Wildman–Crippen MR) is 58.6 cm³/mol. The molecule has 3 nitrogen and oxygen atoms in total. The number of aliphatic hydroxyl groups is 1. The molecule has 78 valence electrons. The van der Waals surface area contributed by atoms with Crippen molar-refractivity contribution in [2.75, 3.05) is 6.61 Å². The zero-order chi connectivity index (χ0) is 10.8. The van der Waals surface area contributed by atoms with E-state index in [1.54, 1.807) is 25.1 Å². The molecule has 1 aromatic rings. The van der Waals surface area contributed by atoms with Crippen molar-refractivity contribution in [1.29, 1.82) is 0 Å². The van der Waals surface area contributed by atoms with E-state index in [1.807, 2.05) is 0 Å². The van der Waals surface area contributed by atoms with Crippen molar-refractivity contribution >= 4 is 12.6 Å². The highest BCUT2D eigenvalue weighted by molar-refractivity contribution is 7.80. The van der Waals surface area contributed by atoms with E-state index in [1.165, 1.54) is 0 Å². The van der Waals surface area contributed by atoms with Crippen LogP contribution in [0, 0.1) is 0 Å². The second-order valence-corrected chi connectivity index (χ2v) is 4.11. The number of hydrogen-bond acceptors (Lipinski definition) is 4. The Morgan fingerprint density at radius 2 is 2.14 bits per heavy atom. The van der Waals surface area contributed by atoms with Crippen molar-refractivity contribution in [2.24, 2.45) is 5.73 Å². The molecule has 4 N–H and O–H groups in total. The van der Waals surface area contributed by atoms with Gasteiger partial charge < -0.3 is 15.9 Å². The van der Waals surface area contributed by atoms with E-state index >= 15 is 0 Å². The van der Waals surface area contributed by atoms with Gasteiger partial charge in [-0.2, -0.15) is 0 Å². The number of nitrogens with two attached hydrogens (primary N) is 1. The lowest BCUT2D eigenvalue weighted by molar-refractivity contribution is 0.245. The van der Waals surface area contributed by atoms with Crippen LogP contribution in [0.2, 0.25) is 0 Å². The van der Waals surface area contributed by atoms with Crippen LogP contribution >= 0.6 is 12.6 Å². The minimum Gasteiger partial charge on any atom is -0.508 e. The first-order chi connectivity index (χ1) is 6.47. The Bertz CT molecular complexity index is 326. The molecule has 0 saturated heterocycles. The van der Waals surface area contributed by atoms with E-state index in [9.17, 15) is 5.11 Å². The lowest BCUT2D eigenvalue weighted by atomic mass is 9.89. The van der Waals surface area contributed by atoms with Gasteiger partial charge >= 0.3 is 0 Å². The van der Waals surface area contributed by atoms with Gasteiger partial charge in [0.25, 0.3) is 0 Å². The van der Waals surface area contributed by atoms with Gasteiger partial charge in [0.1, 0.15) is 5.75 Å². The molecule has 0 aromatic heterocycles.